The van der Waals surface area contributed by atoms with Crippen LogP contribution >= 0.6 is 0 Å². The molecular weight excluding hydrogens is 341 g/mol. The fourth-order valence-electron chi connectivity index (χ4n) is 3.78. The van der Waals surface area contributed by atoms with E-state index < -0.39 is 5.82 Å². The Balaban J connectivity index is 1.57. The number of nitrogens with zero attached hydrogens (tertiary/aromatic N) is 2. The zero-order valence-electron chi connectivity index (χ0n) is 14.4. The minimum Gasteiger partial charge on any atom is -0.361 e. The molecule has 0 radical (unpaired) electrons. The Morgan fingerprint density at radius 3 is 2.89 bits per heavy atom. The van der Waals surface area contributed by atoms with Gasteiger partial charge in [0.25, 0.3) is 5.91 Å². The molecule has 0 unspecified atom stereocenters. The van der Waals surface area contributed by atoms with E-state index in [-0.39, 0.29) is 11.5 Å². The van der Waals surface area contributed by atoms with Gasteiger partial charge in [-0.05, 0) is 53.3 Å². The van der Waals surface area contributed by atoms with E-state index in [1.165, 1.54) is 12.1 Å². The normalized spacial score (nSPS) is 13.1. The first-order chi connectivity index (χ1) is 13.2. The molecule has 27 heavy (non-hydrogen) atoms. The summed E-state index contributed by atoms with van der Waals surface area (Å²) in [4.78, 5) is 22.0. The van der Waals surface area contributed by atoms with Crippen molar-refractivity contribution in [2.75, 3.05) is 11.4 Å². The van der Waals surface area contributed by atoms with Gasteiger partial charge >= 0.3 is 0 Å². The average Bonchev–Trinajstić information content (AvgIpc) is 3.34. The predicted molar refractivity (Wildman–Crippen MR) is 103 cm³/mol. The van der Waals surface area contributed by atoms with Crippen LogP contribution in [0.25, 0.3) is 22.0 Å². The average molecular weight is 357 g/mol. The lowest BCUT2D eigenvalue weighted by Crippen LogP contribution is -2.29. The molecule has 1 aliphatic rings. The Kier molecular flexibility index (Phi) is 3.53. The van der Waals surface area contributed by atoms with Crippen LogP contribution in [0.5, 0.6) is 0 Å². The van der Waals surface area contributed by atoms with Crippen LogP contribution in [0.15, 0.2) is 67.1 Å². The largest absolute Gasteiger partial charge is 0.361 e. The van der Waals surface area contributed by atoms with E-state index in [1.807, 2.05) is 24.5 Å². The van der Waals surface area contributed by atoms with Crippen molar-refractivity contribution >= 4 is 22.5 Å². The Morgan fingerprint density at radius 1 is 1.11 bits per heavy atom. The Hall–Kier alpha value is -3.47. The summed E-state index contributed by atoms with van der Waals surface area (Å²) in [5, 5.41) is 1.13. The lowest BCUT2D eigenvalue weighted by atomic mass is 9.99. The highest BCUT2D eigenvalue weighted by atomic mass is 19.1. The molecule has 1 aliphatic heterocycles. The minimum atomic E-state index is -0.502. The summed E-state index contributed by atoms with van der Waals surface area (Å²) >= 11 is 0. The Bertz CT molecular complexity index is 1180. The van der Waals surface area contributed by atoms with Crippen molar-refractivity contribution in [2.45, 2.75) is 6.42 Å². The summed E-state index contributed by atoms with van der Waals surface area (Å²) in [6.45, 7) is 0.521. The number of hydrogen-bond donors (Lipinski definition) is 1. The van der Waals surface area contributed by atoms with Gasteiger partial charge in [0.15, 0.2) is 0 Å². The number of fused-ring (bicyclic) bond motifs is 2. The molecule has 2 aromatic heterocycles. The molecule has 0 saturated carbocycles. The molecule has 0 saturated heterocycles. The number of rotatable bonds is 2. The fraction of sp³-hybridized carbons (Fsp3) is 0.0909. The number of hydrogen-bond acceptors (Lipinski definition) is 2. The summed E-state index contributed by atoms with van der Waals surface area (Å²) < 4.78 is 14.1. The Morgan fingerprint density at radius 2 is 2.00 bits per heavy atom. The maximum Gasteiger partial charge on any atom is 0.261 e. The SMILES string of the molecule is O=C(c1ccccc1F)N1CCc2c(-c3ccc4[nH]ccc4c3)cncc21. The highest BCUT2D eigenvalue weighted by molar-refractivity contribution is 6.08. The fourth-order valence-corrected chi connectivity index (χ4v) is 3.78. The summed E-state index contributed by atoms with van der Waals surface area (Å²) in [7, 11) is 0. The molecule has 5 rings (SSSR count). The molecule has 0 atom stereocenters. The zero-order valence-corrected chi connectivity index (χ0v) is 14.4. The number of aromatic amines is 1. The topological polar surface area (TPSA) is 49.0 Å². The molecule has 3 heterocycles. The second kappa shape index (κ2) is 6.06. The molecule has 1 amide bonds. The third kappa shape index (κ3) is 2.51. The molecule has 0 spiro atoms. The number of benzene rings is 2. The van der Waals surface area contributed by atoms with E-state index >= 15 is 0 Å². The van der Waals surface area contributed by atoms with E-state index in [0.29, 0.717) is 6.54 Å². The van der Waals surface area contributed by atoms with E-state index in [1.54, 1.807) is 23.2 Å². The van der Waals surface area contributed by atoms with E-state index in [4.69, 9.17) is 0 Å². The van der Waals surface area contributed by atoms with Gasteiger partial charge in [0.2, 0.25) is 0 Å². The van der Waals surface area contributed by atoms with Gasteiger partial charge in [-0.1, -0.05) is 18.2 Å². The van der Waals surface area contributed by atoms with Crippen molar-refractivity contribution in [3.8, 4) is 11.1 Å². The number of H-pyrrole nitrogens is 1. The number of carbonyl (C=O) groups is 1. The van der Waals surface area contributed by atoms with Crippen LogP contribution in [0.2, 0.25) is 0 Å². The maximum atomic E-state index is 14.1. The summed E-state index contributed by atoms with van der Waals surface area (Å²) in [5.74, 6) is -0.829. The van der Waals surface area contributed by atoms with Gasteiger partial charge in [-0.2, -0.15) is 0 Å². The number of anilines is 1. The molecular formula is C22H16FN3O. The summed E-state index contributed by atoms with van der Waals surface area (Å²) in [6.07, 6.45) is 6.17. The quantitative estimate of drug-likeness (QED) is 0.571. The van der Waals surface area contributed by atoms with E-state index in [9.17, 15) is 9.18 Å². The number of aromatic nitrogens is 2. The van der Waals surface area contributed by atoms with E-state index in [0.717, 1.165) is 39.7 Å². The van der Waals surface area contributed by atoms with Crippen molar-refractivity contribution in [2.24, 2.45) is 0 Å². The van der Waals surface area contributed by atoms with Crippen LogP contribution < -0.4 is 4.90 Å². The summed E-state index contributed by atoms with van der Waals surface area (Å²) in [6, 6.07) is 14.3. The van der Waals surface area contributed by atoms with Crippen molar-refractivity contribution in [3.05, 3.63) is 84.1 Å². The van der Waals surface area contributed by atoms with Gasteiger partial charge in [0, 0.05) is 30.0 Å². The van der Waals surface area contributed by atoms with Crippen molar-refractivity contribution in [1.29, 1.82) is 0 Å². The third-order valence-electron chi connectivity index (χ3n) is 5.12. The van der Waals surface area contributed by atoms with Crippen molar-refractivity contribution in [3.63, 3.8) is 0 Å². The standard InChI is InChI=1S/C22H16FN3O/c23-19-4-2-1-3-17(19)22(27)26-10-8-16-18(12-24-13-21(16)26)14-5-6-20-15(11-14)7-9-25-20/h1-7,9,11-13,25H,8,10H2. The molecule has 0 aliphatic carbocycles. The molecule has 0 bridgehead atoms. The zero-order chi connectivity index (χ0) is 18.4. The van der Waals surface area contributed by atoms with Crippen LogP contribution in [0.4, 0.5) is 10.1 Å². The van der Waals surface area contributed by atoms with Gasteiger partial charge in [-0.15, -0.1) is 0 Å². The summed E-state index contributed by atoms with van der Waals surface area (Å²) in [5.41, 5.74) is 5.07. The molecule has 0 fully saturated rings. The molecule has 1 N–H and O–H groups in total. The van der Waals surface area contributed by atoms with Gasteiger partial charge in [0.05, 0.1) is 17.4 Å². The molecule has 4 aromatic rings. The van der Waals surface area contributed by atoms with Gasteiger partial charge in [0.1, 0.15) is 5.82 Å². The number of nitrogens with one attached hydrogen (secondary N) is 1. The molecule has 2 aromatic carbocycles. The van der Waals surface area contributed by atoms with E-state index in [2.05, 4.69) is 22.1 Å². The maximum absolute atomic E-state index is 14.1. The molecule has 5 heteroatoms. The second-order valence-corrected chi connectivity index (χ2v) is 6.65. The molecule has 4 nitrogen and oxygen atoms in total. The highest BCUT2D eigenvalue weighted by Crippen LogP contribution is 2.37. The number of amides is 1. The lowest BCUT2D eigenvalue weighted by molar-refractivity contribution is 0.0985. The van der Waals surface area contributed by atoms with Crippen LogP contribution in [0.1, 0.15) is 15.9 Å². The van der Waals surface area contributed by atoms with Crippen LogP contribution in [-0.2, 0) is 6.42 Å². The van der Waals surface area contributed by atoms with Gasteiger partial charge in [-0.3, -0.25) is 9.78 Å². The smallest absolute Gasteiger partial charge is 0.261 e. The van der Waals surface area contributed by atoms with Crippen LogP contribution in [0.3, 0.4) is 0 Å². The van der Waals surface area contributed by atoms with Crippen LogP contribution in [0, 0.1) is 5.82 Å². The van der Waals surface area contributed by atoms with Gasteiger partial charge < -0.3 is 9.88 Å². The second-order valence-electron chi connectivity index (χ2n) is 6.65. The first kappa shape index (κ1) is 15.8. The lowest BCUT2D eigenvalue weighted by Gasteiger charge is -2.18. The van der Waals surface area contributed by atoms with Crippen LogP contribution in [-0.4, -0.2) is 22.4 Å². The van der Waals surface area contributed by atoms with Crippen molar-refractivity contribution < 1.29 is 9.18 Å². The Labute approximate surface area is 155 Å². The monoisotopic (exact) mass is 357 g/mol. The first-order valence-corrected chi connectivity index (χ1v) is 8.83. The third-order valence-corrected chi connectivity index (χ3v) is 5.12. The minimum absolute atomic E-state index is 0.0875. The number of carbonyl (C=O) groups excluding carboxylic acids is 1. The number of pyridine rings is 1. The van der Waals surface area contributed by atoms with Gasteiger partial charge in [-0.25, -0.2) is 4.39 Å². The molecule has 132 valence electrons. The van der Waals surface area contributed by atoms with Crippen molar-refractivity contribution in [1.82, 2.24) is 9.97 Å². The predicted octanol–water partition coefficient (Wildman–Crippen LogP) is 4.57. The highest BCUT2D eigenvalue weighted by Gasteiger charge is 2.29. The number of halogens is 1. The first-order valence-electron chi connectivity index (χ1n) is 8.83.